The fourth-order valence-corrected chi connectivity index (χ4v) is 2.78. The molecular weight excluding hydrogens is 260 g/mol. The van der Waals surface area contributed by atoms with Crippen molar-refractivity contribution in [3.05, 3.63) is 52.2 Å². The minimum absolute atomic E-state index is 0.0393. The van der Waals surface area contributed by atoms with Gasteiger partial charge in [0.25, 0.3) is 5.91 Å². The van der Waals surface area contributed by atoms with Gasteiger partial charge in [-0.25, -0.2) is 0 Å². The molecule has 0 bridgehead atoms. The number of rotatable bonds is 2. The van der Waals surface area contributed by atoms with Gasteiger partial charge in [0.15, 0.2) is 0 Å². The highest BCUT2D eigenvalue weighted by Crippen LogP contribution is 2.24. The van der Waals surface area contributed by atoms with E-state index in [0.29, 0.717) is 17.8 Å². The van der Waals surface area contributed by atoms with Crippen LogP contribution in [-0.2, 0) is 11.3 Å². The van der Waals surface area contributed by atoms with Gasteiger partial charge in [0, 0.05) is 0 Å². The molecule has 3 rings (SSSR count). The maximum absolute atomic E-state index is 12.2. The standard InChI is InChI=1S/C14H12N2O2S/c17-13-7-15-14(18)11-3-1-2-4-12(11)16(13)8-10-5-6-19-9-10/h1-6,9H,7-8H2,(H,15,18). The molecule has 0 saturated carbocycles. The summed E-state index contributed by atoms with van der Waals surface area (Å²) < 4.78 is 0. The highest BCUT2D eigenvalue weighted by atomic mass is 32.1. The van der Waals surface area contributed by atoms with Crippen LogP contribution < -0.4 is 10.2 Å². The van der Waals surface area contributed by atoms with Gasteiger partial charge in [-0.1, -0.05) is 12.1 Å². The number of carbonyl (C=O) groups is 2. The number of thiophene rings is 1. The van der Waals surface area contributed by atoms with E-state index >= 15 is 0 Å². The van der Waals surface area contributed by atoms with Crippen LogP contribution in [0, 0.1) is 0 Å². The highest BCUT2D eigenvalue weighted by Gasteiger charge is 2.25. The van der Waals surface area contributed by atoms with Crippen molar-refractivity contribution in [3.63, 3.8) is 0 Å². The highest BCUT2D eigenvalue weighted by molar-refractivity contribution is 7.07. The molecule has 4 nitrogen and oxygen atoms in total. The quantitative estimate of drug-likeness (QED) is 0.909. The molecule has 2 aromatic rings. The van der Waals surface area contributed by atoms with Crippen LogP contribution >= 0.6 is 11.3 Å². The molecule has 1 aliphatic heterocycles. The molecule has 0 aliphatic carbocycles. The first-order chi connectivity index (χ1) is 9.25. The first-order valence-electron chi connectivity index (χ1n) is 5.94. The van der Waals surface area contributed by atoms with Gasteiger partial charge in [0.1, 0.15) is 0 Å². The summed E-state index contributed by atoms with van der Waals surface area (Å²) in [7, 11) is 0. The summed E-state index contributed by atoms with van der Waals surface area (Å²) in [5.41, 5.74) is 2.29. The first-order valence-corrected chi connectivity index (χ1v) is 6.88. The topological polar surface area (TPSA) is 49.4 Å². The van der Waals surface area contributed by atoms with Crippen LogP contribution in [0.1, 0.15) is 15.9 Å². The number of nitrogens with one attached hydrogen (secondary N) is 1. The van der Waals surface area contributed by atoms with E-state index in [1.807, 2.05) is 29.0 Å². The Morgan fingerprint density at radius 3 is 2.84 bits per heavy atom. The van der Waals surface area contributed by atoms with Crippen molar-refractivity contribution in [2.75, 3.05) is 11.4 Å². The SMILES string of the molecule is O=C1NCC(=O)N(Cc2ccsc2)c2ccccc21. The molecule has 19 heavy (non-hydrogen) atoms. The Kier molecular flexibility index (Phi) is 3.05. The van der Waals surface area contributed by atoms with Crippen LogP contribution in [0.3, 0.4) is 0 Å². The van der Waals surface area contributed by atoms with Crippen LogP contribution in [0.15, 0.2) is 41.1 Å². The number of amides is 2. The van der Waals surface area contributed by atoms with Crippen molar-refractivity contribution in [2.24, 2.45) is 0 Å². The van der Waals surface area contributed by atoms with Crippen molar-refractivity contribution >= 4 is 28.8 Å². The summed E-state index contributed by atoms with van der Waals surface area (Å²) in [4.78, 5) is 25.7. The Labute approximate surface area is 114 Å². The molecule has 96 valence electrons. The van der Waals surface area contributed by atoms with Crippen LogP contribution in [0.25, 0.3) is 0 Å². The Hall–Kier alpha value is -2.14. The van der Waals surface area contributed by atoms with Crippen LogP contribution in [0.2, 0.25) is 0 Å². The number of para-hydroxylation sites is 1. The van der Waals surface area contributed by atoms with Crippen LogP contribution in [-0.4, -0.2) is 18.4 Å². The molecular formula is C14H12N2O2S. The average molecular weight is 272 g/mol. The molecule has 0 saturated heterocycles. The maximum Gasteiger partial charge on any atom is 0.253 e. The lowest BCUT2D eigenvalue weighted by molar-refractivity contribution is -0.117. The van der Waals surface area contributed by atoms with Gasteiger partial charge in [0.05, 0.1) is 24.3 Å². The zero-order chi connectivity index (χ0) is 13.2. The molecule has 0 atom stereocenters. The molecule has 1 aromatic carbocycles. The molecule has 0 spiro atoms. The Morgan fingerprint density at radius 1 is 1.21 bits per heavy atom. The normalized spacial score (nSPS) is 14.8. The Balaban J connectivity index is 2.03. The fourth-order valence-electron chi connectivity index (χ4n) is 2.12. The van der Waals surface area contributed by atoms with E-state index in [-0.39, 0.29) is 18.4 Å². The second kappa shape index (κ2) is 4.85. The van der Waals surface area contributed by atoms with Crippen molar-refractivity contribution in [1.29, 1.82) is 0 Å². The van der Waals surface area contributed by atoms with Gasteiger partial charge in [-0.15, -0.1) is 0 Å². The molecule has 5 heteroatoms. The number of anilines is 1. The van der Waals surface area contributed by atoms with E-state index in [9.17, 15) is 9.59 Å². The number of fused-ring (bicyclic) bond motifs is 1. The van der Waals surface area contributed by atoms with E-state index in [4.69, 9.17) is 0 Å². The van der Waals surface area contributed by atoms with E-state index in [1.165, 1.54) is 0 Å². The molecule has 2 amide bonds. The minimum atomic E-state index is -0.197. The van der Waals surface area contributed by atoms with E-state index in [0.717, 1.165) is 5.56 Å². The van der Waals surface area contributed by atoms with Crippen molar-refractivity contribution < 1.29 is 9.59 Å². The second-order valence-electron chi connectivity index (χ2n) is 4.31. The minimum Gasteiger partial charge on any atom is -0.343 e. The van der Waals surface area contributed by atoms with Gasteiger partial charge in [-0.2, -0.15) is 11.3 Å². The zero-order valence-corrected chi connectivity index (χ0v) is 10.9. The summed E-state index contributed by atoms with van der Waals surface area (Å²) in [6, 6.07) is 9.18. The predicted octanol–water partition coefficient (Wildman–Crippen LogP) is 2.02. The lowest BCUT2D eigenvalue weighted by atomic mass is 10.1. The fraction of sp³-hybridized carbons (Fsp3) is 0.143. The summed E-state index contributed by atoms with van der Waals surface area (Å²) in [5.74, 6) is -0.290. The third-order valence-corrected chi connectivity index (χ3v) is 3.79. The molecule has 0 unspecified atom stereocenters. The summed E-state index contributed by atoms with van der Waals surface area (Å²) in [5, 5.41) is 6.62. The molecule has 0 radical (unpaired) electrons. The molecule has 0 fully saturated rings. The number of hydrogen-bond donors (Lipinski definition) is 1. The zero-order valence-electron chi connectivity index (χ0n) is 10.1. The van der Waals surface area contributed by atoms with Gasteiger partial charge in [0.2, 0.25) is 5.91 Å². The molecule has 1 aromatic heterocycles. The largest absolute Gasteiger partial charge is 0.343 e. The number of benzene rings is 1. The van der Waals surface area contributed by atoms with Gasteiger partial charge < -0.3 is 10.2 Å². The monoisotopic (exact) mass is 272 g/mol. The third kappa shape index (κ3) is 2.24. The van der Waals surface area contributed by atoms with E-state index < -0.39 is 0 Å². The maximum atomic E-state index is 12.2. The summed E-state index contributed by atoms with van der Waals surface area (Å²) in [6.07, 6.45) is 0. The second-order valence-corrected chi connectivity index (χ2v) is 5.09. The van der Waals surface area contributed by atoms with E-state index in [2.05, 4.69) is 5.32 Å². The predicted molar refractivity (Wildman–Crippen MR) is 74.3 cm³/mol. The smallest absolute Gasteiger partial charge is 0.253 e. The third-order valence-electron chi connectivity index (χ3n) is 3.06. The molecule has 2 heterocycles. The number of nitrogens with zero attached hydrogens (tertiary/aromatic N) is 1. The first kappa shape index (κ1) is 11.9. The molecule has 1 aliphatic rings. The summed E-state index contributed by atoms with van der Waals surface area (Å²) in [6.45, 7) is 0.534. The lowest BCUT2D eigenvalue weighted by Gasteiger charge is -2.21. The van der Waals surface area contributed by atoms with E-state index in [1.54, 1.807) is 28.4 Å². The van der Waals surface area contributed by atoms with Crippen LogP contribution in [0.4, 0.5) is 5.69 Å². The Bertz CT molecular complexity index is 622. The summed E-state index contributed by atoms with van der Waals surface area (Å²) >= 11 is 1.60. The number of hydrogen-bond acceptors (Lipinski definition) is 3. The van der Waals surface area contributed by atoms with Gasteiger partial charge in [-0.3, -0.25) is 9.59 Å². The van der Waals surface area contributed by atoms with Crippen molar-refractivity contribution in [1.82, 2.24) is 5.32 Å². The Morgan fingerprint density at radius 2 is 2.05 bits per heavy atom. The van der Waals surface area contributed by atoms with Gasteiger partial charge in [-0.05, 0) is 34.5 Å². The number of carbonyl (C=O) groups excluding carboxylic acids is 2. The van der Waals surface area contributed by atoms with Crippen molar-refractivity contribution in [3.8, 4) is 0 Å². The van der Waals surface area contributed by atoms with Gasteiger partial charge >= 0.3 is 0 Å². The van der Waals surface area contributed by atoms with Crippen molar-refractivity contribution in [2.45, 2.75) is 6.54 Å². The average Bonchev–Trinajstić information content (AvgIpc) is 2.91. The van der Waals surface area contributed by atoms with Crippen LogP contribution in [0.5, 0.6) is 0 Å². The molecule has 1 N–H and O–H groups in total. The lowest BCUT2D eigenvalue weighted by Crippen LogP contribution is -2.35.